The monoisotopic (exact) mass is 225 g/mol. The summed E-state index contributed by atoms with van der Waals surface area (Å²) in [4.78, 5) is 0. The molecule has 0 bridgehead atoms. The first-order valence-electron chi connectivity index (χ1n) is 4.88. The second-order valence-corrected chi connectivity index (χ2v) is 4.09. The highest BCUT2D eigenvalue weighted by atomic mass is 35.5. The van der Waals surface area contributed by atoms with E-state index in [0.717, 1.165) is 17.7 Å². The van der Waals surface area contributed by atoms with Crippen LogP contribution in [0.15, 0.2) is 36.4 Å². The van der Waals surface area contributed by atoms with E-state index in [0.29, 0.717) is 11.6 Å². The molecule has 0 heterocycles. The summed E-state index contributed by atoms with van der Waals surface area (Å²) in [5, 5.41) is 13.6. The third kappa shape index (κ3) is 4.47. The summed E-state index contributed by atoms with van der Waals surface area (Å²) in [5.74, 6) is 0. The number of benzene rings is 1. The molecule has 0 spiro atoms. The molecule has 0 fully saturated rings. The van der Waals surface area contributed by atoms with Gasteiger partial charge in [-0.25, -0.2) is 0 Å². The van der Waals surface area contributed by atoms with Crippen molar-refractivity contribution in [3.63, 3.8) is 0 Å². The lowest BCUT2D eigenvalue weighted by atomic mass is 10.1. The van der Waals surface area contributed by atoms with Gasteiger partial charge in [-0.1, -0.05) is 35.9 Å². The molecule has 0 aliphatic heterocycles. The van der Waals surface area contributed by atoms with Crippen LogP contribution < -0.4 is 5.32 Å². The Hall–Kier alpha value is -0.830. The van der Waals surface area contributed by atoms with Gasteiger partial charge in [-0.15, -0.1) is 0 Å². The highest BCUT2D eigenvalue weighted by Gasteiger charge is 2.05. The average molecular weight is 226 g/mol. The van der Waals surface area contributed by atoms with Gasteiger partial charge in [-0.3, -0.25) is 0 Å². The van der Waals surface area contributed by atoms with E-state index < -0.39 is 6.10 Å². The number of aliphatic hydroxyl groups excluding tert-OH is 1. The van der Waals surface area contributed by atoms with E-state index in [1.807, 2.05) is 19.1 Å². The Morgan fingerprint density at radius 3 is 2.60 bits per heavy atom. The lowest BCUT2D eigenvalue weighted by molar-refractivity contribution is 0.176. The summed E-state index contributed by atoms with van der Waals surface area (Å²) in [6, 6.07) is 7.21. The van der Waals surface area contributed by atoms with Crippen molar-refractivity contribution in [3.05, 3.63) is 47.0 Å². The molecule has 1 rings (SSSR count). The third-order valence-corrected chi connectivity index (χ3v) is 2.27. The maximum atomic E-state index is 9.79. The van der Waals surface area contributed by atoms with Gasteiger partial charge in [0, 0.05) is 18.1 Å². The van der Waals surface area contributed by atoms with Crippen LogP contribution in [0, 0.1) is 0 Å². The predicted molar refractivity (Wildman–Crippen MR) is 64.1 cm³/mol. The molecule has 0 radical (unpaired) electrons. The molecule has 0 amide bonds. The Morgan fingerprint density at radius 2 is 2.07 bits per heavy atom. The maximum Gasteiger partial charge on any atom is 0.0914 e. The van der Waals surface area contributed by atoms with Crippen molar-refractivity contribution in [1.82, 2.24) is 5.32 Å². The van der Waals surface area contributed by atoms with Crippen LogP contribution in [0.3, 0.4) is 0 Å². The Morgan fingerprint density at radius 1 is 1.47 bits per heavy atom. The molecule has 3 heteroatoms. The van der Waals surface area contributed by atoms with Gasteiger partial charge >= 0.3 is 0 Å². The molecule has 2 nitrogen and oxygen atoms in total. The van der Waals surface area contributed by atoms with Gasteiger partial charge in [0.05, 0.1) is 6.10 Å². The Kier molecular flexibility index (Phi) is 4.82. The largest absolute Gasteiger partial charge is 0.387 e. The molecule has 1 atom stereocenters. The first kappa shape index (κ1) is 12.2. The minimum absolute atomic E-state index is 0.499. The van der Waals surface area contributed by atoms with Crippen LogP contribution in [0.25, 0.3) is 0 Å². The third-order valence-electron chi connectivity index (χ3n) is 2.02. The molecule has 15 heavy (non-hydrogen) atoms. The summed E-state index contributed by atoms with van der Waals surface area (Å²) < 4.78 is 0. The van der Waals surface area contributed by atoms with E-state index in [9.17, 15) is 5.11 Å². The summed E-state index contributed by atoms with van der Waals surface area (Å²) in [6.45, 7) is 6.97. The van der Waals surface area contributed by atoms with Gasteiger partial charge in [0.15, 0.2) is 0 Å². The molecular formula is C12H16ClNO. The van der Waals surface area contributed by atoms with Crippen LogP contribution in [0.5, 0.6) is 0 Å². The number of nitrogens with one attached hydrogen (secondary N) is 1. The van der Waals surface area contributed by atoms with Crippen LogP contribution in [0.1, 0.15) is 18.6 Å². The lowest BCUT2D eigenvalue weighted by Crippen LogP contribution is -2.22. The number of rotatable bonds is 5. The topological polar surface area (TPSA) is 32.3 Å². The number of aliphatic hydroxyl groups is 1. The minimum atomic E-state index is -0.499. The van der Waals surface area contributed by atoms with E-state index in [4.69, 9.17) is 11.6 Å². The fraction of sp³-hybridized carbons (Fsp3) is 0.333. The standard InChI is InChI=1S/C12H16ClNO/c1-9(2)7-14-8-12(15)10-3-5-11(13)6-4-10/h3-6,12,14-15H,1,7-8H2,2H3. The van der Waals surface area contributed by atoms with Gasteiger partial charge in [0.2, 0.25) is 0 Å². The second kappa shape index (κ2) is 5.91. The first-order valence-corrected chi connectivity index (χ1v) is 5.26. The predicted octanol–water partition coefficient (Wildman–Crippen LogP) is 2.54. The molecule has 0 aliphatic rings. The van der Waals surface area contributed by atoms with Crippen LogP contribution in [0.2, 0.25) is 5.02 Å². The van der Waals surface area contributed by atoms with E-state index in [1.54, 1.807) is 12.1 Å². The summed E-state index contributed by atoms with van der Waals surface area (Å²) in [7, 11) is 0. The van der Waals surface area contributed by atoms with Gasteiger partial charge in [-0.05, 0) is 24.6 Å². The minimum Gasteiger partial charge on any atom is -0.387 e. The summed E-state index contributed by atoms with van der Waals surface area (Å²) >= 11 is 5.75. The molecule has 0 aliphatic carbocycles. The zero-order valence-corrected chi connectivity index (χ0v) is 9.59. The molecule has 0 aromatic heterocycles. The SMILES string of the molecule is C=C(C)CNCC(O)c1ccc(Cl)cc1. The molecule has 82 valence electrons. The van der Waals surface area contributed by atoms with Crippen molar-refractivity contribution in [1.29, 1.82) is 0 Å². The van der Waals surface area contributed by atoms with Gasteiger partial charge in [0.1, 0.15) is 0 Å². The zero-order chi connectivity index (χ0) is 11.3. The average Bonchev–Trinajstić information content (AvgIpc) is 2.18. The lowest BCUT2D eigenvalue weighted by Gasteiger charge is -2.12. The van der Waals surface area contributed by atoms with Crippen molar-refractivity contribution in [2.75, 3.05) is 13.1 Å². The molecule has 1 aromatic carbocycles. The van der Waals surface area contributed by atoms with Crippen molar-refractivity contribution in [2.45, 2.75) is 13.0 Å². The van der Waals surface area contributed by atoms with E-state index in [2.05, 4.69) is 11.9 Å². The van der Waals surface area contributed by atoms with Crippen molar-refractivity contribution in [3.8, 4) is 0 Å². The number of halogens is 1. The first-order chi connectivity index (χ1) is 7.09. The molecule has 1 aromatic rings. The summed E-state index contributed by atoms with van der Waals surface area (Å²) in [5.41, 5.74) is 1.92. The fourth-order valence-corrected chi connectivity index (χ4v) is 1.35. The molecule has 0 saturated heterocycles. The molecular weight excluding hydrogens is 210 g/mol. The summed E-state index contributed by atoms with van der Waals surface area (Å²) in [6.07, 6.45) is -0.499. The maximum absolute atomic E-state index is 9.79. The van der Waals surface area contributed by atoms with Crippen LogP contribution in [0.4, 0.5) is 0 Å². The van der Waals surface area contributed by atoms with E-state index in [1.165, 1.54) is 0 Å². The smallest absolute Gasteiger partial charge is 0.0914 e. The Bertz CT molecular complexity index is 321. The highest BCUT2D eigenvalue weighted by molar-refractivity contribution is 6.30. The van der Waals surface area contributed by atoms with Crippen molar-refractivity contribution in [2.24, 2.45) is 0 Å². The van der Waals surface area contributed by atoms with Crippen molar-refractivity contribution < 1.29 is 5.11 Å². The van der Waals surface area contributed by atoms with Crippen molar-refractivity contribution >= 4 is 11.6 Å². The van der Waals surface area contributed by atoms with Crippen LogP contribution in [-0.2, 0) is 0 Å². The number of hydrogen-bond donors (Lipinski definition) is 2. The molecule has 0 saturated carbocycles. The molecule has 1 unspecified atom stereocenters. The molecule has 2 N–H and O–H groups in total. The quantitative estimate of drug-likeness (QED) is 0.755. The van der Waals surface area contributed by atoms with Gasteiger partial charge in [-0.2, -0.15) is 0 Å². The van der Waals surface area contributed by atoms with Gasteiger partial charge in [0.25, 0.3) is 0 Å². The normalized spacial score (nSPS) is 12.5. The fourth-order valence-electron chi connectivity index (χ4n) is 1.23. The van der Waals surface area contributed by atoms with E-state index >= 15 is 0 Å². The second-order valence-electron chi connectivity index (χ2n) is 3.66. The zero-order valence-electron chi connectivity index (χ0n) is 8.83. The van der Waals surface area contributed by atoms with Crippen LogP contribution in [-0.4, -0.2) is 18.2 Å². The van der Waals surface area contributed by atoms with Crippen LogP contribution >= 0.6 is 11.6 Å². The van der Waals surface area contributed by atoms with Gasteiger partial charge < -0.3 is 10.4 Å². The number of hydrogen-bond acceptors (Lipinski definition) is 2. The van der Waals surface area contributed by atoms with E-state index in [-0.39, 0.29) is 0 Å². The Labute approximate surface area is 95.6 Å². The highest BCUT2D eigenvalue weighted by Crippen LogP contribution is 2.15. The Balaban J connectivity index is 2.43.